The molecule has 5 heteroatoms. The van der Waals surface area contributed by atoms with Gasteiger partial charge in [0.2, 0.25) is 0 Å². The second-order valence-electron chi connectivity index (χ2n) is 6.03. The molecular weight excluding hydrogens is 294 g/mol. The summed E-state index contributed by atoms with van der Waals surface area (Å²) in [4.78, 5) is 24.9. The number of hydrogen-bond acceptors (Lipinski definition) is 5. The van der Waals surface area contributed by atoms with E-state index in [4.69, 9.17) is 4.74 Å². The van der Waals surface area contributed by atoms with Crippen LogP contribution in [0.2, 0.25) is 0 Å². The van der Waals surface area contributed by atoms with Crippen molar-refractivity contribution in [2.75, 3.05) is 33.9 Å². The van der Waals surface area contributed by atoms with E-state index < -0.39 is 0 Å². The Kier molecular flexibility index (Phi) is 6.59. The van der Waals surface area contributed by atoms with Crippen LogP contribution in [0.3, 0.4) is 0 Å². The highest BCUT2D eigenvalue weighted by Gasteiger charge is 2.22. The molecule has 1 unspecified atom stereocenters. The minimum Gasteiger partial charge on any atom is -0.469 e. The number of likely N-dealkylation sites (tertiary alicyclic amines) is 1. The zero-order valence-electron chi connectivity index (χ0n) is 13.9. The van der Waals surface area contributed by atoms with Gasteiger partial charge in [-0.05, 0) is 56.0 Å². The largest absolute Gasteiger partial charge is 0.469 e. The molecule has 1 fully saturated rings. The van der Waals surface area contributed by atoms with Crippen molar-refractivity contribution in [2.45, 2.75) is 25.7 Å². The molecule has 1 aliphatic heterocycles. The van der Waals surface area contributed by atoms with Crippen molar-refractivity contribution < 1.29 is 19.1 Å². The van der Waals surface area contributed by atoms with Crippen molar-refractivity contribution in [1.29, 1.82) is 0 Å². The van der Waals surface area contributed by atoms with E-state index in [2.05, 4.69) is 9.64 Å². The minimum atomic E-state index is -0.297. The van der Waals surface area contributed by atoms with Crippen LogP contribution in [-0.2, 0) is 20.7 Å². The molecular formula is C18H25NO4. The average molecular weight is 319 g/mol. The zero-order valence-corrected chi connectivity index (χ0v) is 13.9. The average Bonchev–Trinajstić information content (AvgIpc) is 3.02. The monoisotopic (exact) mass is 319 g/mol. The van der Waals surface area contributed by atoms with E-state index >= 15 is 0 Å². The van der Waals surface area contributed by atoms with Crippen molar-refractivity contribution in [3.63, 3.8) is 0 Å². The molecule has 1 aromatic rings. The van der Waals surface area contributed by atoms with Gasteiger partial charge in [-0.25, -0.2) is 4.79 Å². The Labute approximate surface area is 137 Å². The first-order valence-corrected chi connectivity index (χ1v) is 8.08. The molecule has 1 saturated heterocycles. The van der Waals surface area contributed by atoms with Gasteiger partial charge in [0, 0.05) is 13.0 Å². The summed E-state index contributed by atoms with van der Waals surface area (Å²) in [5.74, 6) is 0.206. The third kappa shape index (κ3) is 5.36. The van der Waals surface area contributed by atoms with E-state index in [1.807, 2.05) is 24.3 Å². The molecule has 1 atom stereocenters. The fraction of sp³-hybridized carbons (Fsp3) is 0.556. The van der Waals surface area contributed by atoms with Gasteiger partial charge in [-0.3, -0.25) is 4.79 Å². The lowest BCUT2D eigenvalue weighted by atomic mass is 9.98. The van der Waals surface area contributed by atoms with Crippen LogP contribution in [0.4, 0.5) is 0 Å². The number of nitrogens with zero attached hydrogens (tertiary/aromatic N) is 1. The van der Waals surface area contributed by atoms with Gasteiger partial charge in [0.1, 0.15) is 0 Å². The zero-order chi connectivity index (χ0) is 16.7. The SMILES string of the molecule is COC(=O)CCCN1CCC(Cc2ccc(C(=O)OC)cc2)C1. The summed E-state index contributed by atoms with van der Waals surface area (Å²) in [7, 11) is 2.82. The fourth-order valence-corrected chi connectivity index (χ4v) is 3.06. The topological polar surface area (TPSA) is 55.8 Å². The molecule has 0 N–H and O–H groups in total. The third-order valence-electron chi connectivity index (χ3n) is 4.35. The molecule has 2 rings (SSSR count). The highest BCUT2D eigenvalue weighted by Crippen LogP contribution is 2.21. The third-order valence-corrected chi connectivity index (χ3v) is 4.35. The fourth-order valence-electron chi connectivity index (χ4n) is 3.06. The number of carbonyl (C=O) groups is 2. The van der Waals surface area contributed by atoms with Crippen LogP contribution in [0.5, 0.6) is 0 Å². The molecule has 0 saturated carbocycles. The Balaban J connectivity index is 1.74. The van der Waals surface area contributed by atoms with E-state index in [9.17, 15) is 9.59 Å². The molecule has 1 aliphatic rings. The summed E-state index contributed by atoms with van der Waals surface area (Å²) in [6.07, 6.45) is 3.55. The van der Waals surface area contributed by atoms with Crippen LogP contribution in [0.25, 0.3) is 0 Å². The maximum atomic E-state index is 11.4. The van der Waals surface area contributed by atoms with Crippen LogP contribution in [0.15, 0.2) is 24.3 Å². The maximum absolute atomic E-state index is 11.4. The van der Waals surface area contributed by atoms with Crippen LogP contribution in [-0.4, -0.2) is 50.7 Å². The summed E-state index contributed by atoms with van der Waals surface area (Å²) in [5.41, 5.74) is 1.84. The number of methoxy groups -OCH3 is 2. The second-order valence-corrected chi connectivity index (χ2v) is 6.03. The standard InChI is InChI=1S/C18H25NO4/c1-22-17(20)4-3-10-19-11-9-15(13-19)12-14-5-7-16(8-6-14)18(21)23-2/h5-8,15H,3-4,9-13H2,1-2H3. The summed E-state index contributed by atoms with van der Waals surface area (Å²) < 4.78 is 9.37. The van der Waals surface area contributed by atoms with Gasteiger partial charge in [0.25, 0.3) is 0 Å². The number of benzene rings is 1. The van der Waals surface area contributed by atoms with Gasteiger partial charge in [0.05, 0.1) is 19.8 Å². The predicted molar refractivity (Wildman–Crippen MR) is 87.3 cm³/mol. The molecule has 23 heavy (non-hydrogen) atoms. The smallest absolute Gasteiger partial charge is 0.337 e. The molecule has 0 aliphatic carbocycles. The van der Waals surface area contributed by atoms with Gasteiger partial charge in [-0.2, -0.15) is 0 Å². The van der Waals surface area contributed by atoms with Crippen molar-refractivity contribution in [1.82, 2.24) is 4.90 Å². The lowest BCUT2D eigenvalue weighted by molar-refractivity contribution is -0.140. The summed E-state index contributed by atoms with van der Waals surface area (Å²) in [6, 6.07) is 7.66. The lowest BCUT2D eigenvalue weighted by Crippen LogP contribution is -2.23. The van der Waals surface area contributed by atoms with Gasteiger partial charge < -0.3 is 14.4 Å². The summed E-state index contributed by atoms with van der Waals surface area (Å²) in [6.45, 7) is 3.11. The second kappa shape index (κ2) is 8.67. The molecule has 5 nitrogen and oxygen atoms in total. The van der Waals surface area contributed by atoms with Gasteiger partial charge in [-0.15, -0.1) is 0 Å². The molecule has 126 valence electrons. The number of hydrogen-bond donors (Lipinski definition) is 0. The summed E-state index contributed by atoms with van der Waals surface area (Å²) in [5, 5.41) is 0. The first-order chi connectivity index (χ1) is 11.1. The van der Waals surface area contributed by atoms with Gasteiger partial charge >= 0.3 is 11.9 Å². The normalized spacial score (nSPS) is 17.9. The Morgan fingerprint density at radius 3 is 2.57 bits per heavy atom. The minimum absolute atomic E-state index is 0.133. The molecule has 0 amide bonds. The molecule has 0 bridgehead atoms. The number of carbonyl (C=O) groups excluding carboxylic acids is 2. The van der Waals surface area contributed by atoms with Crippen LogP contribution < -0.4 is 0 Å². The Bertz CT molecular complexity index is 526. The van der Waals surface area contributed by atoms with Crippen LogP contribution in [0.1, 0.15) is 35.2 Å². The lowest BCUT2D eigenvalue weighted by Gasteiger charge is -2.15. The molecule has 1 heterocycles. The Hall–Kier alpha value is -1.88. The van der Waals surface area contributed by atoms with E-state index in [-0.39, 0.29) is 11.9 Å². The van der Waals surface area contributed by atoms with E-state index in [0.717, 1.165) is 32.5 Å². The van der Waals surface area contributed by atoms with E-state index in [1.165, 1.54) is 26.2 Å². The number of rotatable bonds is 7. The quantitative estimate of drug-likeness (QED) is 0.722. The van der Waals surface area contributed by atoms with Crippen molar-refractivity contribution in [3.05, 3.63) is 35.4 Å². The molecule has 0 radical (unpaired) electrons. The van der Waals surface area contributed by atoms with E-state index in [1.54, 1.807) is 0 Å². The van der Waals surface area contributed by atoms with E-state index in [0.29, 0.717) is 17.9 Å². The first-order valence-electron chi connectivity index (χ1n) is 8.08. The van der Waals surface area contributed by atoms with Crippen molar-refractivity contribution >= 4 is 11.9 Å². The Morgan fingerprint density at radius 1 is 1.17 bits per heavy atom. The maximum Gasteiger partial charge on any atom is 0.337 e. The van der Waals surface area contributed by atoms with Crippen molar-refractivity contribution in [3.8, 4) is 0 Å². The Morgan fingerprint density at radius 2 is 1.91 bits per heavy atom. The van der Waals surface area contributed by atoms with Gasteiger partial charge in [-0.1, -0.05) is 12.1 Å². The number of ether oxygens (including phenoxy) is 2. The van der Waals surface area contributed by atoms with Gasteiger partial charge in [0.15, 0.2) is 0 Å². The summed E-state index contributed by atoms with van der Waals surface area (Å²) >= 11 is 0. The van der Waals surface area contributed by atoms with Crippen LogP contribution in [0, 0.1) is 5.92 Å². The predicted octanol–water partition coefficient (Wildman–Crippen LogP) is 2.29. The highest BCUT2D eigenvalue weighted by atomic mass is 16.5. The van der Waals surface area contributed by atoms with Crippen molar-refractivity contribution in [2.24, 2.45) is 5.92 Å². The first kappa shape index (κ1) is 17.5. The highest BCUT2D eigenvalue weighted by molar-refractivity contribution is 5.89. The molecule has 1 aromatic carbocycles. The molecule has 0 spiro atoms. The molecule has 0 aromatic heterocycles. The number of esters is 2. The van der Waals surface area contributed by atoms with Crippen LogP contribution >= 0.6 is 0 Å².